The molecule has 5 heteroatoms. The van der Waals surface area contributed by atoms with Crippen LogP contribution in [0.25, 0.3) is 0 Å². The van der Waals surface area contributed by atoms with Crippen LogP contribution >= 0.6 is 0 Å². The molecule has 3 N–H and O–H groups in total. The normalized spacial score (nSPS) is 14.2. The molecular formula is C13H28O5. The van der Waals surface area contributed by atoms with Gasteiger partial charge in [0, 0.05) is 13.0 Å². The molecule has 0 unspecified atom stereocenters. The highest BCUT2D eigenvalue weighted by Crippen LogP contribution is 2.15. The molecule has 0 saturated heterocycles. The average molecular weight is 264 g/mol. The van der Waals surface area contributed by atoms with E-state index in [4.69, 9.17) is 20.1 Å². The van der Waals surface area contributed by atoms with E-state index in [0.29, 0.717) is 19.4 Å². The molecule has 0 aromatic rings. The van der Waals surface area contributed by atoms with Gasteiger partial charge in [-0.15, -0.1) is 0 Å². The van der Waals surface area contributed by atoms with Gasteiger partial charge < -0.3 is 20.1 Å². The highest BCUT2D eigenvalue weighted by atomic mass is 16.5. The summed E-state index contributed by atoms with van der Waals surface area (Å²) < 4.78 is 4.92. The van der Waals surface area contributed by atoms with E-state index < -0.39 is 11.5 Å². The molecule has 0 radical (unpaired) electrons. The Morgan fingerprint density at radius 3 is 1.78 bits per heavy atom. The van der Waals surface area contributed by atoms with Crippen molar-refractivity contribution in [2.45, 2.75) is 59.7 Å². The van der Waals surface area contributed by atoms with Crippen LogP contribution in [0.5, 0.6) is 0 Å². The summed E-state index contributed by atoms with van der Waals surface area (Å²) in [6, 6.07) is 0. The summed E-state index contributed by atoms with van der Waals surface area (Å²) in [5.41, 5.74) is -0.446. The van der Waals surface area contributed by atoms with E-state index in [1.165, 1.54) is 0 Å². The Hall–Kier alpha value is -0.650. The van der Waals surface area contributed by atoms with Gasteiger partial charge in [0.1, 0.15) is 0 Å². The number of carbonyl (C=O) groups is 1. The summed E-state index contributed by atoms with van der Waals surface area (Å²) in [6.45, 7) is 9.11. The van der Waals surface area contributed by atoms with Crippen LogP contribution in [0.1, 0.15) is 47.5 Å². The summed E-state index contributed by atoms with van der Waals surface area (Å²) in [5.74, 6) is -0.219. The molecule has 0 spiro atoms. The maximum atomic E-state index is 11.1. The molecular weight excluding hydrogens is 236 g/mol. The van der Waals surface area contributed by atoms with Gasteiger partial charge in [-0.2, -0.15) is 0 Å². The zero-order valence-electron chi connectivity index (χ0n) is 12.1. The molecule has 0 rings (SSSR count). The van der Waals surface area contributed by atoms with Crippen LogP contribution in [0, 0.1) is 5.41 Å². The molecule has 0 aliphatic heterocycles. The van der Waals surface area contributed by atoms with Crippen molar-refractivity contribution >= 4 is 5.97 Å². The predicted octanol–water partition coefficient (Wildman–Crippen LogP) is 1.10. The lowest BCUT2D eigenvalue weighted by Crippen LogP contribution is -2.24. The Bertz CT molecular complexity index is 206. The molecule has 0 aromatic carbocycles. The molecule has 0 bridgehead atoms. The van der Waals surface area contributed by atoms with Crippen LogP contribution in [-0.2, 0) is 9.53 Å². The van der Waals surface area contributed by atoms with Crippen LogP contribution in [0.4, 0.5) is 0 Å². The third-order valence-corrected chi connectivity index (χ3v) is 1.93. The lowest BCUT2D eigenvalue weighted by molar-refractivity contribution is -0.153. The second kappa shape index (κ2) is 10.3. The topological polar surface area (TPSA) is 87.0 Å². The minimum atomic E-state index is -0.446. The molecule has 0 heterocycles. The predicted molar refractivity (Wildman–Crippen MR) is 70.1 cm³/mol. The van der Waals surface area contributed by atoms with Crippen LogP contribution in [0.2, 0.25) is 0 Å². The number of hydrogen-bond donors (Lipinski definition) is 3. The smallest absolute Gasteiger partial charge is 0.311 e. The Kier molecular flexibility index (Phi) is 11.3. The number of hydrogen-bond acceptors (Lipinski definition) is 5. The fourth-order valence-electron chi connectivity index (χ4n) is 0.726. The second-order valence-electron chi connectivity index (χ2n) is 5.38. The fraction of sp³-hybridized carbons (Fsp3) is 0.923. The highest BCUT2D eigenvalue weighted by Gasteiger charge is 2.22. The molecule has 0 aliphatic rings. The standard InChI is InChI=1S/C9H18O3.C4H10O2/c1-7(10)5-6-12-8(11)9(2,3)4;1-4(6)2-3-5/h7,10H,5-6H2,1-4H3;4-6H,2-3H2,1H3/t7-;4-/m11/s1. The summed E-state index contributed by atoms with van der Waals surface area (Å²) >= 11 is 0. The lowest BCUT2D eigenvalue weighted by atomic mass is 9.97. The molecule has 0 amide bonds. The maximum Gasteiger partial charge on any atom is 0.311 e. The zero-order chi connectivity index (χ0) is 14.8. The summed E-state index contributed by atoms with van der Waals surface area (Å²) in [7, 11) is 0. The van der Waals surface area contributed by atoms with Gasteiger partial charge in [0.2, 0.25) is 0 Å². The number of aliphatic hydroxyl groups is 3. The summed E-state index contributed by atoms with van der Waals surface area (Å²) in [6.07, 6.45) is 0.231. The number of esters is 1. The molecule has 2 atom stereocenters. The lowest BCUT2D eigenvalue weighted by Gasteiger charge is -2.16. The van der Waals surface area contributed by atoms with Gasteiger partial charge in [-0.25, -0.2) is 0 Å². The van der Waals surface area contributed by atoms with E-state index in [0.717, 1.165) is 0 Å². The van der Waals surface area contributed by atoms with Crippen molar-refractivity contribution in [3.63, 3.8) is 0 Å². The third kappa shape index (κ3) is 15.4. The first-order chi connectivity index (χ1) is 8.11. The van der Waals surface area contributed by atoms with Gasteiger partial charge in [0.15, 0.2) is 0 Å². The van der Waals surface area contributed by atoms with E-state index in [9.17, 15) is 4.79 Å². The minimum Gasteiger partial charge on any atom is -0.465 e. The van der Waals surface area contributed by atoms with Gasteiger partial charge in [-0.3, -0.25) is 4.79 Å². The van der Waals surface area contributed by atoms with E-state index in [2.05, 4.69) is 0 Å². The SMILES string of the molecule is C[C@@H](O)CCO.C[C@@H](O)CCOC(=O)C(C)(C)C. The van der Waals surface area contributed by atoms with Crippen molar-refractivity contribution in [2.75, 3.05) is 13.2 Å². The Morgan fingerprint density at radius 1 is 1.11 bits per heavy atom. The van der Waals surface area contributed by atoms with Crippen LogP contribution in [-0.4, -0.2) is 46.7 Å². The number of aliphatic hydroxyl groups excluding tert-OH is 3. The molecule has 5 nitrogen and oxygen atoms in total. The molecule has 110 valence electrons. The first kappa shape index (κ1) is 19.7. The van der Waals surface area contributed by atoms with Crippen LogP contribution in [0.15, 0.2) is 0 Å². The average Bonchev–Trinajstić information content (AvgIpc) is 2.16. The van der Waals surface area contributed by atoms with Crippen molar-refractivity contribution in [3.05, 3.63) is 0 Å². The first-order valence-corrected chi connectivity index (χ1v) is 6.25. The number of rotatable bonds is 5. The summed E-state index contributed by atoms with van der Waals surface area (Å²) in [4.78, 5) is 11.1. The Balaban J connectivity index is 0. The Morgan fingerprint density at radius 2 is 1.56 bits per heavy atom. The van der Waals surface area contributed by atoms with Crippen molar-refractivity contribution in [1.82, 2.24) is 0 Å². The van der Waals surface area contributed by atoms with E-state index >= 15 is 0 Å². The maximum absolute atomic E-state index is 11.1. The summed E-state index contributed by atoms with van der Waals surface area (Å²) in [5, 5.41) is 25.3. The van der Waals surface area contributed by atoms with Crippen molar-refractivity contribution < 1.29 is 24.9 Å². The van der Waals surface area contributed by atoms with Crippen molar-refractivity contribution in [3.8, 4) is 0 Å². The fourth-order valence-corrected chi connectivity index (χ4v) is 0.726. The molecule has 18 heavy (non-hydrogen) atoms. The molecule has 0 aromatic heterocycles. The Labute approximate surface area is 110 Å². The number of ether oxygens (including phenoxy) is 1. The largest absolute Gasteiger partial charge is 0.465 e. The number of carbonyl (C=O) groups excluding carboxylic acids is 1. The van der Waals surface area contributed by atoms with Gasteiger partial charge in [-0.05, 0) is 41.0 Å². The van der Waals surface area contributed by atoms with Gasteiger partial charge in [-0.1, -0.05) is 0 Å². The monoisotopic (exact) mass is 264 g/mol. The van der Waals surface area contributed by atoms with Crippen molar-refractivity contribution in [2.24, 2.45) is 5.41 Å². The van der Waals surface area contributed by atoms with E-state index in [-0.39, 0.29) is 18.7 Å². The minimum absolute atomic E-state index is 0.0810. The molecule has 0 saturated carbocycles. The second-order valence-corrected chi connectivity index (χ2v) is 5.38. The van der Waals surface area contributed by atoms with Gasteiger partial charge >= 0.3 is 5.97 Å². The quantitative estimate of drug-likeness (QED) is 0.647. The zero-order valence-corrected chi connectivity index (χ0v) is 12.1. The van der Waals surface area contributed by atoms with Gasteiger partial charge in [0.25, 0.3) is 0 Å². The van der Waals surface area contributed by atoms with Crippen molar-refractivity contribution in [1.29, 1.82) is 0 Å². The highest BCUT2D eigenvalue weighted by molar-refractivity contribution is 5.75. The molecule has 0 fully saturated rings. The van der Waals surface area contributed by atoms with E-state index in [1.54, 1.807) is 34.6 Å². The van der Waals surface area contributed by atoms with Crippen LogP contribution < -0.4 is 0 Å². The third-order valence-electron chi connectivity index (χ3n) is 1.93. The van der Waals surface area contributed by atoms with Gasteiger partial charge in [0.05, 0.1) is 24.2 Å². The first-order valence-electron chi connectivity index (χ1n) is 6.25. The molecule has 0 aliphatic carbocycles. The van der Waals surface area contributed by atoms with E-state index in [1.807, 2.05) is 0 Å². The van der Waals surface area contributed by atoms with Crippen LogP contribution in [0.3, 0.4) is 0 Å².